The fourth-order valence-electron chi connectivity index (χ4n) is 2.31. The minimum Gasteiger partial charge on any atom is -0.480 e. The van der Waals surface area contributed by atoms with Gasteiger partial charge in [0, 0.05) is 12.6 Å². The van der Waals surface area contributed by atoms with Gasteiger partial charge in [0.05, 0.1) is 6.54 Å². The Bertz CT molecular complexity index is 359. The molecule has 0 unspecified atom stereocenters. The summed E-state index contributed by atoms with van der Waals surface area (Å²) < 4.78 is 0. The topological polar surface area (TPSA) is 72.9 Å². The predicted molar refractivity (Wildman–Crippen MR) is 71.7 cm³/mol. The van der Waals surface area contributed by atoms with Gasteiger partial charge in [-0.25, -0.2) is 4.79 Å². The van der Waals surface area contributed by atoms with Crippen molar-refractivity contribution in [2.24, 2.45) is 0 Å². The van der Waals surface area contributed by atoms with E-state index in [4.69, 9.17) is 11.5 Å². The molecule has 1 heterocycles. The second-order valence-electron chi connectivity index (χ2n) is 4.50. The number of terminal acetylenes is 1. The standard InChI is InChI=1S/C13H21N3O3/c1-3-9-15(10-12(17)18)13(19)16(4-2)11-5-7-14-8-6-11/h1,11,14H,4-10H2,2H3,(H,17,18). The Morgan fingerprint density at radius 2 is 2.05 bits per heavy atom. The number of nitrogens with one attached hydrogen (secondary N) is 1. The highest BCUT2D eigenvalue weighted by Gasteiger charge is 2.28. The third kappa shape index (κ3) is 4.45. The smallest absolute Gasteiger partial charge is 0.323 e. The molecule has 0 spiro atoms. The highest BCUT2D eigenvalue weighted by Crippen LogP contribution is 2.14. The fraction of sp³-hybridized carbons (Fsp3) is 0.692. The maximum atomic E-state index is 12.4. The van der Waals surface area contributed by atoms with Crippen LogP contribution in [0.4, 0.5) is 4.79 Å². The summed E-state index contributed by atoms with van der Waals surface area (Å²) in [5.74, 6) is 1.29. The molecule has 0 bridgehead atoms. The summed E-state index contributed by atoms with van der Waals surface area (Å²) in [7, 11) is 0. The number of urea groups is 1. The highest BCUT2D eigenvalue weighted by atomic mass is 16.4. The van der Waals surface area contributed by atoms with Crippen molar-refractivity contribution in [3.05, 3.63) is 0 Å². The number of aliphatic carboxylic acids is 1. The number of hydrogen-bond donors (Lipinski definition) is 2. The van der Waals surface area contributed by atoms with Gasteiger partial charge in [-0.1, -0.05) is 5.92 Å². The molecule has 106 valence electrons. The number of piperidine rings is 1. The van der Waals surface area contributed by atoms with Crippen LogP contribution in [0.2, 0.25) is 0 Å². The number of carboxylic acid groups (broad SMARTS) is 1. The zero-order valence-corrected chi connectivity index (χ0v) is 11.3. The second kappa shape index (κ2) is 7.64. The highest BCUT2D eigenvalue weighted by molar-refractivity contribution is 5.80. The molecule has 0 atom stereocenters. The van der Waals surface area contributed by atoms with E-state index in [1.165, 1.54) is 4.90 Å². The van der Waals surface area contributed by atoms with E-state index in [1.54, 1.807) is 4.90 Å². The quantitative estimate of drug-likeness (QED) is 0.698. The zero-order valence-electron chi connectivity index (χ0n) is 11.3. The first-order valence-corrected chi connectivity index (χ1v) is 6.51. The molecule has 6 nitrogen and oxygen atoms in total. The largest absolute Gasteiger partial charge is 0.480 e. The third-order valence-electron chi connectivity index (χ3n) is 3.21. The molecule has 0 aromatic rings. The molecule has 1 aliphatic heterocycles. The van der Waals surface area contributed by atoms with Crippen LogP contribution in [0.1, 0.15) is 19.8 Å². The molecule has 2 amide bonds. The SMILES string of the molecule is C#CCN(CC(=O)O)C(=O)N(CC)C1CCNCC1. The lowest BCUT2D eigenvalue weighted by Gasteiger charge is -2.36. The lowest BCUT2D eigenvalue weighted by molar-refractivity contribution is -0.137. The first-order chi connectivity index (χ1) is 9.10. The van der Waals surface area contributed by atoms with Gasteiger partial charge in [-0.05, 0) is 32.9 Å². The van der Waals surface area contributed by atoms with Crippen molar-refractivity contribution in [2.45, 2.75) is 25.8 Å². The van der Waals surface area contributed by atoms with Crippen LogP contribution in [-0.4, -0.2) is 65.7 Å². The number of rotatable bonds is 5. The molecule has 0 aliphatic carbocycles. The number of hydrogen-bond acceptors (Lipinski definition) is 3. The Morgan fingerprint density at radius 3 is 2.53 bits per heavy atom. The van der Waals surface area contributed by atoms with Gasteiger partial charge in [-0.3, -0.25) is 4.79 Å². The Hall–Kier alpha value is -1.74. The number of carboxylic acids is 1. The maximum Gasteiger partial charge on any atom is 0.323 e. The summed E-state index contributed by atoms with van der Waals surface area (Å²) >= 11 is 0. The molecule has 1 aliphatic rings. The number of carbonyl (C=O) groups is 2. The van der Waals surface area contributed by atoms with E-state index in [-0.39, 0.29) is 25.2 Å². The van der Waals surface area contributed by atoms with Crippen molar-refractivity contribution in [1.29, 1.82) is 0 Å². The van der Waals surface area contributed by atoms with E-state index < -0.39 is 5.97 Å². The average molecular weight is 267 g/mol. The molecule has 0 radical (unpaired) electrons. The molecule has 1 fully saturated rings. The van der Waals surface area contributed by atoms with Gasteiger partial charge in [0.15, 0.2) is 0 Å². The summed E-state index contributed by atoms with van der Waals surface area (Å²) in [5, 5.41) is 12.1. The third-order valence-corrected chi connectivity index (χ3v) is 3.21. The van der Waals surface area contributed by atoms with Gasteiger partial charge >= 0.3 is 12.0 Å². The van der Waals surface area contributed by atoms with E-state index in [2.05, 4.69) is 11.2 Å². The zero-order chi connectivity index (χ0) is 14.3. The van der Waals surface area contributed by atoms with Crippen molar-refractivity contribution in [3.63, 3.8) is 0 Å². The monoisotopic (exact) mass is 267 g/mol. The van der Waals surface area contributed by atoms with Gasteiger partial charge in [0.25, 0.3) is 0 Å². The van der Waals surface area contributed by atoms with Crippen LogP contribution < -0.4 is 5.32 Å². The molecule has 19 heavy (non-hydrogen) atoms. The normalized spacial score (nSPS) is 15.6. The van der Waals surface area contributed by atoms with Crippen molar-refractivity contribution in [2.75, 3.05) is 32.7 Å². The Kier molecular flexibility index (Phi) is 6.16. The van der Waals surface area contributed by atoms with E-state index in [1.807, 2.05) is 6.92 Å². The summed E-state index contributed by atoms with van der Waals surface area (Å²) in [4.78, 5) is 26.1. The second-order valence-corrected chi connectivity index (χ2v) is 4.50. The fourth-order valence-corrected chi connectivity index (χ4v) is 2.31. The van der Waals surface area contributed by atoms with Gasteiger partial charge in [0.1, 0.15) is 6.54 Å². The number of amides is 2. The molecule has 6 heteroatoms. The number of nitrogens with zero attached hydrogens (tertiary/aromatic N) is 2. The summed E-state index contributed by atoms with van der Waals surface area (Å²) in [5.41, 5.74) is 0. The lowest BCUT2D eigenvalue weighted by Crippen LogP contribution is -2.52. The Balaban J connectivity index is 2.73. The van der Waals surface area contributed by atoms with Crippen LogP contribution in [0, 0.1) is 12.3 Å². The average Bonchev–Trinajstić information content (AvgIpc) is 2.39. The summed E-state index contributed by atoms with van der Waals surface area (Å²) in [6, 6.07) is -0.123. The predicted octanol–water partition coefficient (Wildman–Crippen LogP) is 0.200. The Labute approximate surface area is 113 Å². The van der Waals surface area contributed by atoms with Crippen molar-refractivity contribution < 1.29 is 14.7 Å². The first kappa shape index (κ1) is 15.3. The molecule has 0 aromatic heterocycles. The van der Waals surface area contributed by atoms with Crippen molar-refractivity contribution >= 4 is 12.0 Å². The van der Waals surface area contributed by atoms with Crippen molar-refractivity contribution in [1.82, 2.24) is 15.1 Å². The molecule has 0 aromatic carbocycles. The van der Waals surface area contributed by atoms with Crippen LogP contribution in [0.25, 0.3) is 0 Å². The minimum atomic E-state index is -1.05. The minimum absolute atomic E-state index is 0.0204. The first-order valence-electron chi connectivity index (χ1n) is 6.51. The van der Waals surface area contributed by atoms with Crippen LogP contribution in [-0.2, 0) is 4.79 Å². The molecule has 1 saturated heterocycles. The van der Waals surface area contributed by atoms with E-state index in [0.717, 1.165) is 25.9 Å². The van der Waals surface area contributed by atoms with Gasteiger partial charge < -0.3 is 20.2 Å². The maximum absolute atomic E-state index is 12.4. The molecule has 2 N–H and O–H groups in total. The number of carbonyl (C=O) groups excluding carboxylic acids is 1. The van der Waals surface area contributed by atoms with Crippen LogP contribution in [0.15, 0.2) is 0 Å². The van der Waals surface area contributed by atoms with Gasteiger partial charge in [0.2, 0.25) is 0 Å². The lowest BCUT2D eigenvalue weighted by atomic mass is 10.1. The molecule has 0 saturated carbocycles. The molecular weight excluding hydrogens is 246 g/mol. The van der Waals surface area contributed by atoms with Crippen molar-refractivity contribution in [3.8, 4) is 12.3 Å². The van der Waals surface area contributed by atoms with Crippen LogP contribution in [0.5, 0.6) is 0 Å². The van der Waals surface area contributed by atoms with E-state index in [9.17, 15) is 9.59 Å². The van der Waals surface area contributed by atoms with E-state index >= 15 is 0 Å². The molecular formula is C13H21N3O3. The van der Waals surface area contributed by atoms with E-state index in [0.29, 0.717) is 6.54 Å². The van der Waals surface area contributed by atoms with Crippen LogP contribution >= 0.6 is 0 Å². The summed E-state index contributed by atoms with van der Waals surface area (Å²) in [6.45, 7) is 3.88. The van der Waals surface area contributed by atoms with Gasteiger partial charge in [-0.15, -0.1) is 6.42 Å². The Morgan fingerprint density at radius 1 is 1.42 bits per heavy atom. The van der Waals surface area contributed by atoms with Gasteiger partial charge in [-0.2, -0.15) is 0 Å². The molecule has 1 rings (SSSR count). The summed E-state index contributed by atoms with van der Waals surface area (Å²) in [6.07, 6.45) is 6.97. The van der Waals surface area contributed by atoms with Crippen LogP contribution in [0.3, 0.4) is 0 Å².